The Morgan fingerprint density at radius 1 is 1.13 bits per heavy atom. The van der Waals surface area contributed by atoms with E-state index in [-0.39, 0.29) is 11.5 Å². The van der Waals surface area contributed by atoms with Gasteiger partial charge in [-0.3, -0.25) is 0 Å². The molecule has 15 heavy (non-hydrogen) atoms. The van der Waals surface area contributed by atoms with Crippen molar-refractivity contribution in [2.24, 2.45) is 11.1 Å². The summed E-state index contributed by atoms with van der Waals surface area (Å²) in [4.78, 5) is 5.06. The molecule has 0 aromatic heterocycles. The molecule has 1 atom stereocenters. The molecule has 1 rings (SSSR count). The van der Waals surface area contributed by atoms with E-state index in [0.717, 1.165) is 6.54 Å². The highest BCUT2D eigenvalue weighted by Crippen LogP contribution is 2.21. The van der Waals surface area contributed by atoms with E-state index in [2.05, 4.69) is 37.5 Å². The van der Waals surface area contributed by atoms with E-state index in [0.29, 0.717) is 0 Å². The summed E-state index contributed by atoms with van der Waals surface area (Å²) in [6, 6.07) is 0.265. The molecule has 1 saturated heterocycles. The molecule has 1 aliphatic rings. The second-order valence-corrected chi connectivity index (χ2v) is 5.49. The van der Waals surface area contributed by atoms with E-state index < -0.39 is 0 Å². The van der Waals surface area contributed by atoms with Crippen LogP contribution in [0, 0.1) is 5.41 Å². The molecule has 0 aromatic carbocycles. The van der Waals surface area contributed by atoms with Gasteiger partial charge >= 0.3 is 0 Å². The van der Waals surface area contributed by atoms with Gasteiger partial charge in [-0.2, -0.15) is 0 Å². The minimum atomic E-state index is 0.231. The van der Waals surface area contributed by atoms with Gasteiger partial charge in [-0.05, 0) is 18.9 Å². The van der Waals surface area contributed by atoms with Gasteiger partial charge in [-0.25, -0.2) is 0 Å². The van der Waals surface area contributed by atoms with Crippen LogP contribution in [0.3, 0.4) is 0 Å². The average molecular weight is 213 g/mol. The molecule has 1 fully saturated rings. The number of nitrogens with two attached hydrogens (primary N) is 1. The zero-order valence-electron chi connectivity index (χ0n) is 10.8. The van der Waals surface area contributed by atoms with Crippen molar-refractivity contribution in [1.82, 2.24) is 9.80 Å². The van der Waals surface area contributed by atoms with Gasteiger partial charge in [0.1, 0.15) is 0 Å². The smallest absolute Gasteiger partial charge is 0.0110 e. The van der Waals surface area contributed by atoms with Gasteiger partial charge in [0.25, 0.3) is 0 Å². The third kappa shape index (κ3) is 3.74. The van der Waals surface area contributed by atoms with Crippen LogP contribution in [0.15, 0.2) is 0 Å². The van der Waals surface area contributed by atoms with Crippen LogP contribution in [-0.2, 0) is 0 Å². The maximum atomic E-state index is 6.00. The first-order valence-electron chi connectivity index (χ1n) is 6.16. The minimum Gasteiger partial charge on any atom is -0.327 e. The van der Waals surface area contributed by atoms with Crippen LogP contribution in [0.2, 0.25) is 0 Å². The molecule has 1 heterocycles. The maximum absolute atomic E-state index is 6.00. The first-order chi connectivity index (χ1) is 6.95. The Balaban J connectivity index is 2.35. The normalized spacial score (nSPS) is 23.0. The molecule has 90 valence electrons. The molecule has 3 heteroatoms. The summed E-state index contributed by atoms with van der Waals surface area (Å²) in [5.74, 6) is 0. The summed E-state index contributed by atoms with van der Waals surface area (Å²) in [6.45, 7) is 16.0. The van der Waals surface area contributed by atoms with Gasteiger partial charge < -0.3 is 15.5 Å². The van der Waals surface area contributed by atoms with Crippen molar-refractivity contribution < 1.29 is 0 Å². The summed E-state index contributed by atoms with van der Waals surface area (Å²) in [5.41, 5.74) is 6.23. The summed E-state index contributed by atoms with van der Waals surface area (Å²) in [5, 5.41) is 0. The van der Waals surface area contributed by atoms with Gasteiger partial charge in [0.2, 0.25) is 0 Å². The molecule has 1 aliphatic heterocycles. The maximum Gasteiger partial charge on any atom is 0.0110 e. The third-order valence-electron chi connectivity index (χ3n) is 3.78. The molecule has 2 N–H and O–H groups in total. The average Bonchev–Trinajstić information content (AvgIpc) is 2.18. The lowest BCUT2D eigenvalue weighted by molar-refractivity contribution is 0.0918. The summed E-state index contributed by atoms with van der Waals surface area (Å²) >= 11 is 0. The first-order valence-corrected chi connectivity index (χ1v) is 6.16. The number of nitrogens with zero attached hydrogens (tertiary/aromatic N) is 2. The van der Waals surface area contributed by atoms with Gasteiger partial charge in [-0.1, -0.05) is 20.8 Å². The molecule has 0 amide bonds. The minimum absolute atomic E-state index is 0.231. The van der Waals surface area contributed by atoms with Crippen LogP contribution in [0.5, 0.6) is 0 Å². The summed E-state index contributed by atoms with van der Waals surface area (Å²) in [6.07, 6.45) is 0. The van der Waals surface area contributed by atoms with E-state index >= 15 is 0 Å². The van der Waals surface area contributed by atoms with Gasteiger partial charge in [-0.15, -0.1) is 0 Å². The lowest BCUT2D eigenvalue weighted by atomic mass is 9.85. The monoisotopic (exact) mass is 213 g/mol. The van der Waals surface area contributed by atoms with Crippen molar-refractivity contribution >= 4 is 0 Å². The predicted octanol–water partition coefficient (Wildman–Crippen LogP) is 0.997. The van der Waals surface area contributed by atoms with Crippen LogP contribution in [-0.4, -0.2) is 55.1 Å². The quantitative estimate of drug-likeness (QED) is 0.756. The fourth-order valence-electron chi connectivity index (χ4n) is 1.98. The van der Waals surface area contributed by atoms with E-state index in [1.54, 1.807) is 0 Å². The van der Waals surface area contributed by atoms with E-state index in [1.165, 1.54) is 32.7 Å². The molecular formula is C12H27N3. The number of likely N-dealkylation sites (N-methyl/N-ethyl adjacent to an activating group) is 1. The Morgan fingerprint density at radius 2 is 1.60 bits per heavy atom. The van der Waals surface area contributed by atoms with Crippen molar-refractivity contribution in [3.05, 3.63) is 0 Å². The summed E-state index contributed by atoms with van der Waals surface area (Å²) in [7, 11) is 0. The first kappa shape index (κ1) is 12.9. The second kappa shape index (κ2) is 5.28. The fourth-order valence-corrected chi connectivity index (χ4v) is 1.98. The number of hydrogen-bond donors (Lipinski definition) is 1. The number of piperazine rings is 1. The van der Waals surface area contributed by atoms with Crippen molar-refractivity contribution in [3.63, 3.8) is 0 Å². The molecule has 0 saturated carbocycles. The van der Waals surface area contributed by atoms with Crippen molar-refractivity contribution in [2.75, 3.05) is 39.3 Å². The van der Waals surface area contributed by atoms with Crippen molar-refractivity contribution in [1.29, 1.82) is 0 Å². The van der Waals surface area contributed by atoms with Gasteiger partial charge in [0, 0.05) is 38.8 Å². The van der Waals surface area contributed by atoms with Crippen molar-refractivity contribution in [3.8, 4) is 0 Å². The van der Waals surface area contributed by atoms with Crippen molar-refractivity contribution in [2.45, 2.75) is 33.7 Å². The van der Waals surface area contributed by atoms with E-state index in [4.69, 9.17) is 5.73 Å². The molecule has 1 unspecified atom stereocenters. The van der Waals surface area contributed by atoms with E-state index in [9.17, 15) is 0 Å². The largest absolute Gasteiger partial charge is 0.327 e. The van der Waals surface area contributed by atoms with Crippen LogP contribution >= 0.6 is 0 Å². The molecule has 0 aromatic rings. The highest BCUT2D eigenvalue weighted by molar-refractivity contribution is 4.83. The Kier molecular flexibility index (Phi) is 4.56. The lowest BCUT2D eigenvalue weighted by Crippen LogP contribution is -2.51. The molecule has 3 nitrogen and oxygen atoms in total. The zero-order valence-corrected chi connectivity index (χ0v) is 10.8. The Bertz CT molecular complexity index is 181. The fraction of sp³-hybridized carbons (Fsp3) is 1.00. The third-order valence-corrected chi connectivity index (χ3v) is 3.78. The topological polar surface area (TPSA) is 32.5 Å². The van der Waals surface area contributed by atoms with Gasteiger partial charge in [0.05, 0.1) is 0 Å². The Labute approximate surface area is 94.6 Å². The van der Waals surface area contributed by atoms with Crippen LogP contribution < -0.4 is 5.73 Å². The van der Waals surface area contributed by atoms with Crippen LogP contribution in [0.4, 0.5) is 0 Å². The summed E-state index contributed by atoms with van der Waals surface area (Å²) < 4.78 is 0. The number of rotatable bonds is 4. The molecule has 0 bridgehead atoms. The lowest BCUT2D eigenvalue weighted by Gasteiger charge is -2.40. The number of hydrogen-bond acceptors (Lipinski definition) is 3. The standard InChI is InChI=1S/C12H27N3/c1-5-14-6-8-15(9-7-14)10-12(3,4)11(2)13/h11H,5-10,13H2,1-4H3. The van der Waals surface area contributed by atoms with E-state index in [1.807, 2.05) is 0 Å². The molecule has 0 radical (unpaired) electrons. The predicted molar refractivity (Wildman–Crippen MR) is 66.0 cm³/mol. The van der Waals surface area contributed by atoms with Crippen LogP contribution in [0.1, 0.15) is 27.7 Å². The SMILES string of the molecule is CCN1CCN(CC(C)(C)C(C)N)CC1. The highest BCUT2D eigenvalue weighted by atomic mass is 15.3. The van der Waals surface area contributed by atoms with Gasteiger partial charge in [0.15, 0.2) is 0 Å². The molecule has 0 spiro atoms. The second-order valence-electron chi connectivity index (χ2n) is 5.49. The Hall–Kier alpha value is -0.120. The highest BCUT2D eigenvalue weighted by Gasteiger charge is 2.27. The Morgan fingerprint density at radius 3 is 2.00 bits per heavy atom. The molecule has 0 aliphatic carbocycles. The molecular weight excluding hydrogens is 186 g/mol. The van der Waals surface area contributed by atoms with Crippen LogP contribution in [0.25, 0.3) is 0 Å². The zero-order chi connectivity index (χ0) is 11.5.